The Morgan fingerprint density at radius 1 is 1.25 bits per heavy atom. The zero-order chi connectivity index (χ0) is 16.4. The average molecular weight is 362 g/mol. The topological polar surface area (TPSA) is 53.1 Å². The maximum absolute atomic E-state index is 13.3. The van der Waals surface area contributed by atoms with Gasteiger partial charge in [0.25, 0.3) is 0 Å². The Bertz CT molecular complexity index is 683. The van der Waals surface area contributed by atoms with Crippen molar-refractivity contribution in [3.05, 3.63) is 36.2 Å². The highest BCUT2D eigenvalue weighted by molar-refractivity contribution is 5.85. The number of ether oxygens (including phenoxy) is 1. The number of hydrogen-bond donors (Lipinski definition) is 1. The molecule has 0 bridgehead atoms. The molecule has 1 saturated carbocycles. The van der Waals surface area contributed by atoms with Crippen molar-refractivity contribution in [3.63, 3.8) is 0 Å². The van der Waals surface area contributed by atoms with Crippen molar-refractivity contribution in [1.29, 1.82) is 0 Å². The Labute approximate surface area is 144 Å². The normalized spacial score (nSPS) is 14.3. The van der Waals surface area contributed by atoms with Crippen molar-refractivity contribution >= 4 is 12.4 Å². The SMILES string of the molecule is Cl.NCCn1cc(-c2ccc(OCC3CC3)c(C(F)(F)F)c2)cn1. The summed E-state index contributed by atoms with van der Waals surface area (Å²) in [5.74, 6) is 0.285. The number of benzene rings is 1. The predicted molar refractivity (Wildman–Crippen MR) is 87.2 cm³/mol. The van der Waals surface area contributed by atoms with Crippen molar-refractivity contribution in [2.45, 2.75) is 25.6 Å². The van der Waals surface area contributed by atoms with Crippen molar-refractivity contribution in [2.24, 2.45) is 11.7 Å². The summed E-state index contributed by atoms with van der Waals surface area (Å²) in [5.41, 5.74) is 5.78. The van der Waals surface area contributed by atoms with Gasteiger partial charge in [-0.25, -0.2) is 0 Å². The summed E-state index contributed by atoms with van der Waals surface area (Å²) in [5, 5.41) is 4.09. The smallest absolute Gasteiger partial charge is 0.419 e. The highest BCUT2D eigenvalue weighted by Crippen LogP contribution is 2.39. The summed E-state index contributed by atoms with van der Waals surface area (Å²) >= 11 is 0. The lowest BCUT2D eigenvalue weighted by atomic mass is 10.0. The lowest BCUT2D eigenvalue weighted by molar-refractivity contribution is -0.138. The number of aromatic nitrogens is 2. The lowest BCUT2D eigenvalue weighted by Gasteiger charge is -2.15. The molecule has 0 radical (unpaired) electrons. The average Bonchev–Trinajstić information content (AvgIpc) is 3.22. The molecule has 1 fully saturated rings. The van der Waals surface area contributed by atoms with Crippen LogP contribution in [0.15, 0.2) is 30.6 Å². The summed E-state index contributed by atoms with van der Waals surface area (Å²) < 4.78 is 46.9. The van der Waals surface area contributed by atoms with E-state index in [9.17, 15) is 13.2 Å². The fourth-order valence-electron chi connectivity index (χ4n) is 2.32. The third-order valence-corrected chi connectivity index (χ3v) is 3.78. The summed E-state index contributed by atoms with van der Waals surface area (Å²) in [6.45, 7) is 1.29. The predicted octanol–water partition coefficient (Wildman–Crippen LogP) is 3.74. The number of halogens is 4. The van der Waals surface area contributed by atoms with Gasteiger partial charge >= 0.3 is 6.18 Å². The van der Waals surface area contributed by atoms with E-state index in [-0.39, 0.29) is 18.2 Å². The molecule has 1 aromatic carbocycles. The van der Waals surface area contributed by atoms with Crippen LogP contribution in [-0.4, -0.2) is 22.9 Å². The minimum Gasteiger partial charge on any atom is -0.493 e. The molecule has 1 aliphatic carbocycles. The van der Waals surface area contributed by atoms with E-state index in [1.165, 1.54) is 12.3 Å². The van der Waals surface area contributed by atoms with E-state index in [1.54, 1.807) is 16.9 Å². The number of nitrogens with zero attached hydrogens (tertiary/aromatic N) is 2. The first-order valence-electron chi connectivity index (χ1n) is 7.54. The van der Waals surface area contributed by atoms with E-state index in [1.807, 2.05) is 0 Å². The van der Waals surface area contributed by atoms with E-state index in [0.717, 1.165) is 18.9 Å². The first-order valence-corrected chi connectivity index (χ1v) is 7.54. The van der Waals surface area contributed by atoms with Crippen molar-refractivity contribution < 1.29 is 17.9 Å². The van der Waals surface area contributed by atoms with Crippen LogP contribution in [0, 0.1) is 5.92 Å². The lowest BCUT2D eigenvalue weighted by Crippen LogP contribution is -2.10. The molecule has 3 rings (SSSR count). The van der Waals surface area contributed by atoms with Crippen LogP contribution in [0.5, 0.6) is 5.75 Å². The summed E-state index contributed by atoms with van der Waals surface area (Å²) in [6, 6.07) is 4.13. The van der Waals surface area contributed by atoms with Gasteiger partial charge in [0.2, 0.25) is 0 Å². The standard InChI is InChI=1S/C16H18F3N3O.ClH/c17-16(18,19)14-7-12(13-8-21-22(9-13)6-5-20)3-4-15(14)23-10-11-1-2-11;/h3-4,7-9,11H,1-2,5-6,10,20H2;1H. The van der Waals surface area contributed by atoms with E-state index in [0.29, 0.717) is 36.7 Å². The van der Waals surface area contributed by atoms with Gasteiger partial charge in [0, 0.05) is 18.3 Å². The highest BCUT2D eigenvalue weighted by atomic mass is 35.5. The van der Waals surface area contributed by atoms with Crippen molar-refractivity contribution in [3.8, 4) is 16.9 Å². The molecule has 132 valence electrons. The van der Waals surface area contributed by atoms with Crippen LogP contribution >= 0.6 is 12.4 Å². The van der Waals surface area contributed by atoms with Crippen LogP contribution in [0.1, 0.15) is 18.4 Å². The first-order chi connectivity index (χ1) is 11.0. The van der Waals surface area contributed by atoms with Crippen LogP contribution in [0.25, 0.3) is 11.1 Å². The molecule has 0 atom stereocenters. The van der Waals surface area contributed by atoms with E-state index < -0.39 is 11.7 Å². The van der Waals surface area contributed by atoms with Crippen LogP contribution in [-0.2, 0) is 12.7 Å². The molecule has 0 unspecified atom stereocenters. The zero-order valence-corrected chi connectivity index (χ0v) is 13.7. The highest BCUT2D eigenvalue weighted by Gasteiger charge is 2.35. The largest absolute Gasteiger partial charge is 0.493 e. The number of hydrogen-bond acceptors (Lipinski definition) is 3. The van der Waals surface area contributed by atoms with Gasteiger partial charge < -0.3 is 10.5 Å². The van der Waals surface area contributed by atoms with Gasteiger partial charge in [-0.3, -0.25) is 4.68 Å². The van der Waals surface area contributed by atoms with Crippen molar-refractivity contribution in [1.82, 2.24) is 9.78 Å². The molecule has 0 amide bonds. The second kappa shape index (κ2) is 7.44. The Morgan fingerprint density at radius 3 is 2.62 bits per heavy atom. The molecule has 0 saturated heterocycles. The fraction of sp³-hybridized carbons (Fsp3) is 0.438. The van der Waals surface area contributed by atoms with Gasteiger partial charge in [0.1, 0.15) is 5.75 Å². The van der Waals surface area contributed by atoms with Gasteiger partial charge in [-0.05, 0) is 36.5 Å². The van der Waals surface area contributed by atoms with Crippen LogP contribution in [0.2, 0.25) is 0 Å². The Kier molecular flexibility index (Phi) is 5.77. The second-order valence-corrected chi connectivity index (χ2v) is 5.74. The van der Waals surface area contributed by atoms with Gasteiger partial charge in [0.05, 0.1) is 24.9 Å². The molecular weight excluding hydrogens is 343 g/mol. The molecule has 8 heteroatoms. The Balaban J connectivity index is 0.00000208. The minimum atomic E-state index is -4.46. The summed E-state index contributed by atoms with van der Waals surface area (Å²) in [7, 11) is 0. The third kappa shape index (κ3) is 4.42. The number of alkyl halides is 3. The Morgan fingerprint density at radius 2 is 2.00 bits per heavy atom. The maximum atomic E-state index is 13.3. The van der Waals surface area contributed by atoms with Gasteiger partial charge in [-0.15, -0.1) is 12.4 Å². The second-order valence-electron chi connectivity index (χ2n) is 5.74. The monoisotopic (exact) mass is 361 g/mol. The summed E-state index contributed by atoms with van der Waals surface area (Å²) in [4.78, 5) is 0. The van der Waals surface area contributed by atoms with Gasteiger partial charge in [0.15, 0.2) is 0 Å². The first kappa shape index (κ1) is 18.6. The Hall–Kier alpha value is -1.73. The number of rotatable bonds is 6. The van der Waals surface area contributed by atoms with E-state index >= 15 is 0 Å². The van der Waals surface area contributed by atoms with Crippen LogP contribution in [0.4, 0.5) is 13.2 Å². The minimum absolute atomic E-state index is 0. The third-order valence-electron chi connectivity index (χ3n) is 3.78. The van der Waals surface area contributed by atoms with Gasteiger partial charge in [-0.2, -0.15) is 18.3 Å². The molecule has 1 aliphatic rings. The zero-order valence-electron chi connectivity index (χ0n) is 12.9. The number of nitrogens with two attached hydrogens (primary N) is 1. The molecule has 2 N–H and O–H groups in total. The van der Waals surface area contributed by atoms with E-state index in [2.05, 4.69) is 5.10 Å². The molecule has 0 aliphatic heterocycles. The maximum Gasteiger partial charge on any atom is 0.419 e. The van der Waals surface area contributed by atoms with Crippen LogP contribution < -0.4 is 10.5 Å². The van der Waals surface area contributed by atoms with E-state index in [4.69, 9.17) is 10.5 Å². The molecule has 1 aromatic heterocycles. The van der Waals surface area contributed by atoms with Crippen molar-refractivity contribution in [2.75, 3.05) is 13.2 Å². The fourth-order valence-corrected chi connectivity index (χ4v) is 2.32. The molecule has 4 nitrogen and oxygen atoms in total. The molecule has 1 heterocycles. The molecule has 24 heavy (non-hydrogen) atoms. The van der Waals surface area contributed by atoms with Gasteiger partial charge in [-0.1, -0.05) is 6.07 Å². The molecule has 2 aromatic rings. The van der Waals surface area contributed by atoms with Crippen LogP contribution in [0.3, 0.4) is 0 Å². The quantitative estimate of drug-likeness (QED) is 0.852. The summed E-state index contributed by atoms with van der Waals surface area (Å²) in [6.07, 6.45) is 0.824. The molecule has 0 spiro atoms. The molecular formula is C16H19ClF3N3O.